The molecule has 0 bridgehead atoms. The van der Waals surface area contributed by atoms with Gasteiger partial charge in [0, 0.05) is 22.0 Å². The predicted octanol–water partition coefficient (Wildman–Crippen LogP) is 4.05. The molecule has 0 spiro atoms. The third-order valence-corrected chi connectivity index (χ3v) is 4.79. The monoisotopic (exact) mass is 409 g/mol. The SMILES string of the molecule is COC(=O)c1ccc2c(-c3ccc4cc(NC(=O)CCl)ccc4n3)c(O)[nH]c2c1. The van der Waals surface area contributed by atoms with Gasteiger partial charge in [0.05, 0.1) is 29.4 Å². The number of methoxy groups -OCH3 is 1. The van der Waals surface area contributed by atoms with Gasteiger partial charge < -0.3 is 20.1 Å². The molecule has 0 radical (unpaired) electrons. The van der Waals surface area contributed by atoms with Crippen LogP contribution in [0.25, 0.3) is 33.1 Å². The van der Waals surface area contributed by atoms with E-state index in [0.29, 0.717) is 33.5 Å². The lowest BCUT2D eigenvalue weighted by Crippen LogP contribution is -2.12. The van der Waals surface area contributed by atoms with Gasteiger partial charge in [-0.3, -0.25) is 4.79 Å². The molecule has 0 saturated carbocycles. The Kier molecular flexibility index (Phi) is 4.82. The Bertz CT molecular complexity index is 1270. The lowest BCUT2D eigenvalue weighted by atomic mass is 10.1. The summed E-state index contributed by atoms with van der Waals surface area (Å²) in [5.74, 6) is -0.902. The van der Waals surface area contributed by atoms with E-state index in [2.05, 4.69) is 15.3 Å². The number of nitrogens with one attached hydrogen (secondary N) is 2. The number of carbonyl (C=O) groups excluding carboxylic acids is 2. The molecule has 0 aliphatic carbocycles. The van der Waals surface area contributed by atoms with Gasteiger partial charge in [-0.2, -0.15) is 0 Å². The van der Waals surface area contributed by atoms with E-state index in [0.717, 1.165) is 10.8 Å². The van der Waals surface area contributed by atoms with Crippen LogP contribution in [0.15, 0.2) is 48.5 Å². The minimum atomic E-state index is -0.455. The van der Waals surface area contributed by atoms with Crippen LogP contribution in [-0.4, -0.2) is 39.9 Å². The molecule has 2 aromatic heterocycles. The molecule has 1 amide bonds. The Morgan fingerprint density at radius 1 is 1.17 bits per heavy atom. The van der Waals surface area contributed by atoms with E-state index in [-0.39, 0.29) is 17.7 Å². The smallest absolute Gasteiger partial charge is 0.337 e. The minimum Gasteiger partial charge on any atom is -0.494 e. The maximum absolute atomic E-state index is 11.7. The number of amides is 1. The van der Waals surface area contributed by atoms with Crippen molar-refractivity contribution in [2.24, 2.45) is 0 Å². The van der Waals surface area contributed by atoms with Crippen LogP contribution in [0.3, 0.4) is 0 Å². The summed E-state index contributed by atoms with van der Waals surface area (Å²) in [7, 11) is 1.32. The van der Waals surface area contributed by atoms with E-state index in [1.807, 2.05) is 6.07 Å². The van der Waals surface area contributed by atoms with E-state index in [9.17, 15) is 14.7 Å². The summed E-state index contributed by atoms with van der Waals surface area (Å²) in [6, 6.07) is 14.0. The van der Waals surface area contributed by atoms with Crippen molar-refractivity contribution >= 4 is 51.0 Å². The number of carbonyl (C=O) groups is 2. The molecule has 2 heterocycles. The van der Waals surface area contributed by atoms with Gasteiger partial charge in [-0.25, -0.2) is 9.78 Å². The summed E-state index contributed by atoms with van der Waals surface area (Å²) < 4.78 is 4.73. The number of aromatic amines is 1. The molecule has 4 rings (SSSR count). The number of nitrogens with zero attached hydrogens (tertiary/aromatic N) is 1. The lowest BCUT2D eigenvalue weighted by Gasteiger charge is -2.07. The average Bonchev–Trinajstić information content (AvgIpc) is 3.07. The van der Waals surface area contributed by atoms with Gasteiger partial charge >= 0.3 is 5.97 Å². The number of anilines is 1. The number of alkyl halides is 1. The number of rotatable bonds is 4. The molecule has 2 aromatic carbocycles. The Hall–Kier alpha value is -3.58. The molecule has 0 aliphatic heterocycles. The average molecular weight is 410 g/mol. The molecule has 0 atom stereocenters. The van der Waals surface area contributed by atoms with Crippen LogP contribution in [0, 0.1) is 0 Å². The number of aromatic hydroxyl groups is 1. The summed E-state index contributed by atoms with van der Waals surface area (Å²) in [6.07, 6.45) is 0. The van der Waals surface area contributed by atoms with Crippen LogP contribution in [0.1, 0.15) is 10.4 Å². The topological polar surface area (TPSA) is 104 Å². The highest BCUT2D eigenvalue weighted by Gasteiger charge is 2.16. The van der Waals surface area contributed by atoms with E-state index in [1.165, 1.54) is 7.11 Å². The van der Waals surface area contributed by atoms with Gasteiger partial charge in [-0.05, 0) is 36.4 Å². The number of H-pyrrole nitrogens is 1. The molecule has 29 heavy (non-hydrogen) atoms. The molecule has 4 aromatic rings. The van der Waals surface area contributed by atoms with E-state index >= 15 is 0 Å². The highest BCUT2D eigenvalue weighted by Crippen LogP contribution is 2.37. The van der Waals surface area contributed by atoms with Crippen LogP contribution >= 0.6 is 11.6 Å². The van der Waals surface area contributed by atoms with Crippen molar-refractivity contribution in [1.82, 2.24) is 9.97 Å². The van der Waals surface area contributed by atoms with Crippen LogP contribution < -0.4 is 5.32 Å². The van der Waals surface area contributed by atoms with E-state index in [1.54, 1.807) is 42.5 Å². The zero-order valence-corrected chi connectivity index (χ0v) is 16.1. The largest absolute Gasteiger partial charge is 0.494 e. The molecule has 8 heteroatoms. The molecule has 0 fully saturated rings. The minimum absolute atomic E-state index is 0.0418. The highest BCUT2D eigenvalue weighted by atomic mass is 35.5. The number of hydrogen-bond donors (Lipinski definition) is 3. The molecule has 0 saturated heterocycles. The number of aromatic nitrogens is 2. The summed E-state index contributed by atoms with van der Waals surface area (Å²) in [5, 5.41) is 14.7. The normalized spacial score (nSPS) is 11.0. The van der Waals surface area contributed by atoms with Gasteiger partial charge in [0.25, 0.3) is 0 Å². The van der Waals surface area contributed by atoms with Crippen LogP contribution in [0.4, 0.5) is 5.69 Å². The van der Waals surface area contributed by atoms with Crippen molar-refractivity contribution in [2.75, 3.05) is 18.3 Å². The van der Waals surface area contributed by atoms with Crippen molar-refractivity contribution in [2.45, 2.75) is 0 Å². The molecular weight excluding hydrogens is 394 g/mol. The maximum Gasteiger partial charge on any atom is 0.337 e. The summed E-state index contributed by atoms with van der Waals surface area (Å²) in [5.41, 5.74) is 3.42. The Morgan fingerprint density at radius 3 is 2.76 bits per heavy atom. The lowest BCUT2D eigenvalue weighted by molar-refractivity contribution is -0.113. The number of hydrogen-bond acceptors (Lipinski definition) is 5. The molecular formula is C21H16ClN3O4. The van der Waals surface area contributed by atoms with Crippen molar-refractivity contribution < 1.29 is 19.4 Å². The highest BCUT2D eigenvalue weighted by molar-refractivity contribution is 6.29. The van der Waals surface area contributed by atoms with Gasteiger partial charge in [0.15, 0.2) is 5.88 Å². The van der Waals surface area contributed by atoms with Crippen LogP contribution in [-0.2, 0) is 9.53 Å². The third-order valence-electron chi connectivity index (χ3n) is 4.55. The quantitative estimate of drug-likeness (QED) is 0.348. The van der Waals surface area contributed by atoms with Crippen molar-refractivity contribution in [1.29, 1.82) is 0 Å². The second-order valence-corrected chi connectivity index (χ2v) is 6.65. The maximum atomic E-state index is 11.7. The summed E-state index contributed by atoms with van der Waals surface area (Å²) in [6.45, 7) is 0. The zero-order chi connectivity index (χ0) is 20.5. The molecule has 7 nitrogen and oxygen atoms in total. The summed E-state index contributed by atoms with van der Waals surface area (Å²) in [4.78, 5) is 30.7. The Balaban J connectivity index is 1.76. The number of benzene rings is 2. The van der Waals surface area contributed by atoms with Gasteiger partial charge in [0.1, 0.15) is 5.88 Å². The number of esters is 1. The first-order chi connectivity index (χ1) is 14.0. The van der Waals surface area contributed by atoms with E-state index < -0.39 is 5.97 Å². The predicted molar refractivity (Wildman–Crippen MR) is 111 cm³/mol. The number of fused-ring (bicyclic) bond motifs is 2. The first kappa shape index (κ1) is 18.8. The third kappa shape index (κ3) is 3.48. The standard InChI is InChI=1S/C21H16ClN3O4/c1-29-21(28)12-2-5-14-17(9-12)25-20(27)19(14)16-6-3-11-8-13(23-18(26)10-22)4-7-15(11)24-16/h2-9,25,27H,10H2,1H3,(H,23,26). The Labute approximate surface area is 170 Å². The van der Waals surface area contributed by atoms with Gasteiger partial charge in [0.2, 0.25) is 5.91 Å². The molecule has 3 N–H and O–H groups in total. The fourth-order valence-corrected chi connectivity index (χ4v) is 3.29. The van der Waals surface area contributed by atoms with Crippen molar-refractivity contribution in [3.05, 3.63) is 54.1 Å². The second-order valence-electron chi connectivity index (χ2n) is 6.39. The van der Waals surface area contributed by atoms with Crippen LogP contribution in [0.5, 0.6) is 5.88 Å². The van der Waals surface area contributed by atoms with Crippen molar-refractivity contribution in [3.8, 4) is 17.1 Å². The van der Waals surface area contributed by atoms with Crippen LogP contribution in [0.2, 0.25) is 0 Å². The first-order valence-corrected chi connectivity index (χ1v) is 9.23. The van der Waals surface area contributed by atoms with Gasteiger partial charge in [-0.1, -0.05) is 12.1 Å². The van der Waals surface area contributed by atoms with Gasteiger partial charge in [-0.15, -0.1) is 11.6 Å². The summed E-state index contributed by atoms with van der Waals surface area (Å²) >= 11 is 5.52. The number of halogens is 1. The fraction of sp³-hybridized carbons (Fsp3) is 0.0952. The first-order valence-electron chi connectivity index (χ1n) is 8.70. The Morgan fingerprint density at radius 2 is 2.00 bits per heavy atom. The number of ether oxygens (including phenoxy) is 1. The zero-order valence-electron chi connectivity index (χ0n) is 15.3. The molecule has 0 aliphatic rings. The number of pyridine rings is 1. The van der Waals surface area contributed by atoms with E-state index in [4.69, 9.17) is 16.3 Å². The fourth-order valence-electron chi connectivity index (χ4n) is 3.22. The molecule has 0 unspecified atom stereocenters. The second kappa shape index (κ2) is 7.44. The molecule has 146 valence electrons. The van der Waals surface area contributed by atoms with Crippen molar-refractivity contribution in [3.63, 3.8) is 0 Å².